The predicted octanol–water partition coefficient (Wildman–Crippen LogP) is 3.51. The molecule has 0 spiro atoms. The maximum absolute atomic E-state index is 12.3. The summed E-state index contributed by atoms with van der Waals surface area (Å²) in [5.41, 5.74) is 1.58. The molecule has 2 rings (SSSR count). The molecule has 1 fully saturated rings. The first kappa shape index (κ1) is 19.3. The minimum atomic E-state index is -0.377. The lowest BCUT2D eigenvalue weighted by atomic mass is 9.99. The van der Waals surface area contributed by atoms with Gasteiger partial charge in [-0.25, -0.2) is 0 Å². The molecule has 5 heteroatoms. The van der Waals surface area contributed by atoms with Crippen molar-refractivity contribution in [1.29, 1.82) is 0 Å². The van der Waals surface area contributed by atoms with Crippen molar-refractivity contribution >= 4 is 23.2 Å². The van der Waals surface area contributed by atoms with Gasteiger partial charge in [-0.15, -0.1) is 0 Å². The average molecular weight is 345 g/mol. The molecule has 0 atom stereocenters. The Morgan fingerprint density at radius 2 is 1.72 bits per heavy atom. The predicted molar refractivity (Wildman–Crippen MR) is 103 cm³/mol. The molecule has 5 nitrogen and oxygen atoms in total. The van der Waals surface area contributed by atoms with Gasteiger partial charge in [0, 0.05) is 36.9 Å². The molecule has 0 saturated carbocycles. The van der Waals surface area contributed by atoms with Crippen LogP contribution in [0.2, 0.25) is 0 Å². The first-order chi connectivity index (χ1) is 11.7. The Kier molecular flexibility index (Phi) is 6.09. The van der Waals surface area contributed by atoms with Crippen LogP contribution in [0.1, 0.15) is 47.5 Å². The Hall–Kier alpha value is -2.04. The molecule has 0 unspecified atom stereocenters. The van der Waals surface area contributed by atoms with E-state index in [2.05, 4.69) is 29.3 Å². The molecule has 1 aromatic rings. The number of anilines is 2. The van der Waals surface area contributed by atoms with Crippen LogP contribution in [0.25, 0.3) is 0 Å². The molecular weight excluding hydrogens is 314 g/mol. The van der Waals surface area contributed by atoms with Crippen LogP contribution in [0.3, 0.4) is 0 Å². The van der Waals surface area contributed by atoms with Crippen molar-refractivity contribution in [3.63, 3.8) is 0 Å². The molecule has 138 valence electrons. The summed E-state index contributed by atoms with van der Waals surface area (Å²) in [6.07, 6.45) is 2.46. The number of piperidine rings is 1. The molecule has 1 aliphatic heterocycles. The van der Waals surface area contributed by atoms with E-state index in [1.54, 1.807) is 4.90 Å². The SMILES string of the molecule is CC(=O)N(CC(=O)Nc1ccc(N2CCC(C)CC2)cc1)C(C)(C)C. The molecule has 0 aromatic heterocycles. The summed E-state index contributed by atoms with van der Waals surface area (Å²) in [6.45, 7) is 11.8. The van der Waals surface area contributed by atoms with Crippen LogP contribution in [-0.4, -0.2) is 41.9 Å². The second kappa shape index (κ2) is 7.89. The number of hydrogen-bond acceptors (Lipinski definition) is 3. The normalized spacial score (nSPS) is 15.8. The van der Waals surface area contributed by atoms with Gasteiger partial charge in [0.25, 0.3) is 0 Å². The summed E-state index contributed by atoms with van der Waals surface area (Å²) in [6, 6.07) is 7.97. The van der Waals surface area contributed by atoms with Crippen LogP contribution in [0.5, 0.6) is 0 Å². The smallest absolute Gasteiger partial charge is 0.244 e. The standard InChI is InChI=1S/C20H31N3O2/c1-15-10-12-22(13-11-15)18-8-6-17(7-9-18)21-19(25)14-23(16(2)24)20(3,4)5/h6-9,15H,10-14H2,1-5H3,(H,21,25). The van der Waals surface area contributed by atoms with Crippen molar-refractivity contribution in [3.05, 3.63) is 24.3 Å². The summed E-state index contributed by atoms with van der Waals surface area (Å²) < 4.78 is 0. The van der Waals surface area contributed by atoms with Gasteiger partial charge in [-0.05, 0) is 63.8 Å². The largest absolute Gasteiger partial charge is 0.372 e. The van der Waals surface area contributed by atoms with Crippen LogP contribution < -0.4 is 10.2 Å². The summed E-state index contributed by atoms with van der Waals surface area (Å²) in [5.74, 6) is 0.531. The number of carbonyl (C=O) groups excluding carboxylic acids is 2. The molecule has 0 bridgehead atoms. The van der Waals surface area contributed by atoms with Gasteiger partial charge in [-0.2, -0.15) is 0 Å². The number of nitrogens with zero attached hydrogens (tertiary/aromatic N) is 2. The van der Waals surface area contributed by atoms with Gasteiger partial charge in [0.15, 0.2) is 0 Å². The zero-order chi connectivity index (χ0) is 18.6. The minimum Gasteiger partial charge on any atom is -0.372 e. The fraction of sp³-hybridized carbons (Fsp3) is 0.600. The van der Waals surface area contributed by atoms with Crippen molar-refractivity contribution in [2.45, 2.75) is 53.0 Å². The summed E-state index contributed by atoms with van der Waals surface area (Å²) in [5, 5.41) is 2.89. The molecule has 1 saturated heterocycles. The third-order valence-electron chi connectivity index (χ3n) is 4.79. The molecule has 1 N–H and O–H groups in total. The van der Waals surface area contributed by atoms with E-state index in [1.165, 1.54) is 25.5 Å². The fourth-order valence-electron chi connectivity index (χ4n) is 3.19. The minimum absolute atomic E-state index is 0.0601. The molecule has 0 aliphatic carbocycles. The molecule has 1 aliphatic rings. The Balaban J connectivity index is 1.94. The van der Waals surface area contributed by atoms with Crippen LogP contribution in [0.4, 0.5) is 11.4 Å². The first-order valence-corrected chi connectivity index (χ1v) is 9.10. The van der Waals surface area contributed by atoms with Crippen molar-refractivity contribution in [2.75, 3.05) is 29.9 Å². The lowest BCUT2D eigenvalue weighted by Crippen LogP contribution is -2.48. The summed E-state index contributed by atoms with van der Waals surface area (Å²) in [4.78, 5) is 28.0. The average Bonchev–Trinajstić information content (AvgIpc) is 2.53. The van der Waals surface area contributed by atoms with Crippen molar-refractivity contribution in [2.24, 2.45) is 5.92 Å². The third kappa shape index (κ3) is 5.48. The quantitative estimate of drug-likeness (QED) is 0.908. The highest BCUT2D eigenvalue weighted by Crippen LogP contribution is 2.24. The number of hydrogen-bond donors (Lipinski definition) is 1. The van der Waals surface area contributed by atoms with Crippen molar-refractivity contribution < 1.29 is 9.59 Å². The van der Waals surface area contributed by atoms with Crippen LogP contribution in [-0.2, 0) is 9.59 Å². The van der Waals surface area contributed by atoms with Gasteiger partial charge in [-0.3, -0.25) is 9.59 Å². The lowest BCUT2D eigenvalue weighted by molar-refractivity contribution is -0.137. The zero-order valence-electron chi connectivity index (χ0n) is 16.1. The highest BCUT2D eigenvalue weighted by molar-refractivity contribution is 5.94. The monoisotopic (exact) mass is 345 g/mol. The maximum atomic E-state index is 12.3. The van der Waals surface area contributed by atoms with Gasteiger partial charge in [0.2, 0.25) is 11.8 Å². The van der Waals surface area contributed by atoms with Crippen molar-refractivity contribution in [1.82, 2.24) is 4.90 Å². The van der Waals surface area contributed by atoms with Gasteiger partial charge >= 0.3 is 0 Å². The number of amides is 2. The van der Waals surface area contributed by atoms with Crippen molar-refractivity contribution in [3.8, 4) is 0 Å². The first-order valence-electron chi connectivity index (χ1n) is 9.10. The Bertz CT molecular complexity index is 596. The highest BCUT2D eigenvalue weighted by Gasteiger charge is 2.26. The van der Waals surface area contributed by atoms with Crippen LogP contribution in [0.15, 0.2) is 24.3 Å². The Labute approximate surface area is 151 Å². The van der Waals surface area contributed by atoms with Gasteiger partial charge in [0.05, 0.1) is 0 Å². The highest BCUT2D eigenvalue weighted by atomic mass is 16.2. The van der Waals surface area contributed by atoms with E-state index in [-0.39, 0.29) is 23.9 Å². The second-order valence-electron chi connectivity index (χ2n) is 8.04. The molecule has 0 radical (unpaired) electrons. The van der Waals surface area contributed by atoms with E-state index in [0.29, 0.717) is 0 Å². The Morgan fingerprint density at radius 3 is 2.20 bits per heavy atom. The topological polar surface area (TPSA) is 52.7 Å². The van der Waals surface area contributed by atoms with E-state index in [1.807, 2.05) is 32.9 Å². The van der Waals surface area contributed by atoms with E-state index in [0.717, 1.165) is 24.7 Å². The number of benzene rings is 1. The Morgan fingerprint density at radius 1 is 1.16 bits per heavy atom. The molecular formula is C20H31N3O2. The van der Waals surface area contributed by atoms with E-state index < -0.39 is 0 Å². The van der Waals surface area contributed by atoms with Crippen LogP contribution in [0, 0.1) is 5.92 Å². The molecule has 2 amide bonds. The summed E-state index contributed by atoms with van der Waals surface area (Å²) >= 11 is 0. The zero-order valence-corrected chi connectivity index (χ0v) is 16.1. The maximum Gasteiger partial charge on any atom is 0.244 e. The fourth-order valence-corrected chi connectivity index (χ4v) is 3.19. The molecule has 25 heavy (non-hydrogen) atoms. The van der Waals surface area contributed by atoms with E-state index >= 15 is 0 Å². The van der Waals surface area contributed by atoms with E-state index in [4.69, 9.17) is 0 Å². The second-order valence-corrected chi connectivity index (χ2v) is 8.04. The number of carbonyl (C=O) groups is 2. The van der Waals surface area contributed by atoms with Gasteiger partial charge in [-0.1, -0.05) is 6.92 Å². The summed E-state index contributed by atoms with van der Waals surface area (Å²) in [7, 11) is 0. The van der Waals surface area contributed by atoms with Crippen LogP contribution >= 0.6 is 0 Å². The molecule has 1 heterocycles. The van der Waals surface area contributed by atoms with E-state index in [9.17, 15) is 9.59 Å². The van der Waals surface area contributed by atoms with Gasteiger partial charge < -0.3 is 15.1 Å². The van der Waals surface area contributed by atoms with Gasteiger partial charge in [0.1, 0.15) is 6.54 Å². The lowest BCUT2D eigenvalue weighted by Gasteiger charge is -2.34. The number of nitrogens with one attached hydrogen (secondary N) is 1. The third-order valence-corrected chi connectivity index (χ3v) is 4.79. The number of rotatable bonds is 4. The molecule has 1 aromatic carbocycles.